The van der Waals surface area contributed by atoms with Gasteiger partial charge in [0.1, 0.15) is 29.1 Å². The van der Waals surface area contributed by atoms with Gasteiger partial charge in [0.2, 0.25) is 0 Å². The third-order valence-electron chi connectivity index (χ3n) is 4.51. The zero-order chi connectivity index (χ0) is 20.6. The van der Waals surface area contributed by atoms with Crippen molar-refractivity contribution in [2.75, 3.05) is 6.61 Å². The van der Waals surface area contributed by atoms with Crippen LogP contribution in [-0.2, 0) is 18.8 Å². The number of esters is 1. The highest BCUT2D eigenvalue weighted by Gasteiger charge is 2.28. The summed E-state index contributed by atoms with van der Waals surface area (Å²) in [5, 5.41) is 0.132. The molecule has 2 heterocycles. The molecule has 144 valence electrons. The van der Waals surface area contributed by atoms with Crippen molar-refractivity contribution < 1.29 is 18.9 Å². The van der Waals surface area contributed by atoms with Gasteiger partial charge in [-0.2, -0.15) is 4.57 Å². The molecule has 0 unspecified atom stereocenters. The van der Waals surface area contributed by atoms with E-state index in [9.17, 15) is 18.8 Å². The highest BCUT2D eigenvalue weighted by Crippen LogP contribution is 2.30. The SMILES string of the molecule is C=CCOC(=O)c1c(C)[nH+]c2c(c1-c1ccc(F)cc1)c(=O)n(C)c(=O)n2C. The molecule has 28 heavy (non-hydrogen) atoms. The van der Waals surface area contributed by atoms with Crippen LogP contribution in [-0.4, -0.2) is 21.7 Å². The minimum absolute atomic E-state index is 0.00947. The molecule has 3 aromatic rings. The molecule has 0 saturated carbocycles. The molecule has 0 spiro atoms. The van der Waals surface area contributed by atoms with E-state index < -0.39 is 23.0 Å². The maximum Gasteiger partial charge on any atom is 0.417 e. The van der Waals surface area contributed by atoms with Crippen LogP contribution in [0.1, 0.15) is 16.1 Å². The molecule has 1 N–H and O–H groups in total. The Hall–Kier alpha value is -3.55. The Morgan fingerprint density at radius 1 is 1.21 bits per heavy atom. The lowest BCUT2D eigenvalue weighted by Gasteiger charge is -2.13. The van der Waals surface area contributed by atoms with E-state index in [0.717, 1.165) is 4.57 Å². The molecule has 0 bridgehead atoms. The van der Waals surface area contributed by atoms with Crippen molar-refractivity contribution in [2.45, 2.75) is 6.92 Å². The van der Waals surface area contributed by atoms with Crippen molar-refractivity contribution >= 4 is 17.0 Å². The molecule has 0 radical (unpaired) electrons. The summed E-state index contributed by atoms with van der Waals surface area (Å²) in [7, 11) is 2.87. The summed E-state index contributed by atoms with van der Waals surface area (Å²) in [5.74, 6) is -1.12. The number of benzene rings is 1. The van der Waals surface area contributed by atoms with Gasteiger partial charge in [-0.05, 0) is 24.6 Å². The van der Waals surface area contributed by atoms with Gasteiger partial charge in [-0.3, -0.25) is 4.79 Å². The highest BCUT2D eigenvalue weighted by molar-refractivity contribution is 6.05. The second kappa shape index (κ2) is 7.22. The fourth-order valence-corrected chi connectivity index (χ4v) is 3.14. The summed E-state index contributed by atoms with van der Waals surface area (Å²) in [4.78, 5) is 41.0. The van der Waals surface area contributed by atoms with Crippen molar-refractivity contribution in [3.05, 3.63) is 74.8 Å². The van der Waals surface area contributed by atoms with Gasteiger partial charge in [0.05, 0.1) is 7.05 Å². The van der Waals surface area contributed by atoms with Crippen molar-refractivity contribution in [1.82, 2.24) is 9.13 Å². The molecule has 7 nitrogen and oxygen atoms in total. The second-order valence-corrected chi connectivity index (χ2v) is 6.32. The number of nitrogens with one attached hydrogen (secondary N) is 1. The van der Waals surface area contributed by atoms with Gasteiger partial charge >= 0.3 is 11.7 Å². The molecule has 1 aromatic carbocycles. The largest absolute Gasteiger partial charge is 0.458 e. The van der Waals surface area contributed by atoms with E-state index in [1.165, 1.54) is 49.0 Å². The molecule has 3 rings (SSSR count). The van der Waals surface area contributed by atoms with E-state index in [-0.39, 0.29) is 28.8 Å². The van der Waals surface area contributed by atoms with Gasteiger partial charge in [-0.1, -0.05) is 24.8 Å². The number of aromatic amines is 1. The molecule has 2 aromatic heterocycles. The Labute approximate surface area is 159 Å². The normalized spacial score (nSPS) is 10.9. The van der Waals surface area contributed by atoms with Gasteiger partial charge in [-0.15, -0.1) is 0 Å². The van der Waals surface area contributed by atoms with Gasteiger partial charge in [0.25, 0.3) is 11.2 Å². The zero-order valence-electron chi connectivity index (χ0n) is 15.7. The van der Waals surface area contributed by atoms with Crippen LogP contribution < -0.4 is 16.2 Å². The number of hydrogen-bond acceptors (Lipinski definition) is 4. The average molecular weight is 384 g/mol. The number of carbonyl (C=O) groups is 1. The molecule has 0 fully saturated rings. The molecule has 0 aliphatic heterocycles. The number of fused-ring (bicyclic) bond motifs is 1. The first-order valence-electron chi connectivity index (χ1n) is 8.47. The highest BCUT2D eigenvalue weighted by atomic mass is 19.1. The molecule has 0 saturated heterocycles. The topological polar surface area (TPSA) is 84.4 Å². The van der Waals surface area contributed by atoms with Gasteiger partial charge < -0.3 is 4.74 Å². The predicted octanol–water partition coefficient (Wildman–Crippen LogP) is 1.51. The zero-order valence-corrected chi connectivity index (χ0v) is 15.7. The van der Waals surface area contributed by atoms with E-state index in [1.54, 1.807) is 6.92 Å². The van der Waals surface area contributed by atoms with Gasteiger partial charge in [0.15, 0.2) is 0 Å². The summed E-state index contributed by atoms with van der Waals surface area (Å²) in [6, 6.07) is 5.41. The van der Waals surface area contributed by atoms with E-state index in [0.29, 0.717) is 11.3 Å². The Morgan fingerprint density at radius 3 is 2.46 bits per heavy atom. The number of nitrogens with zero attached hydrogens (tertiary/aromatic N) is 2. The van der Waals surface area contributed by atoms with E-state index in [4.69, 9.17) is 4.74 Å². The Morgan fingerprint density at radius 2 is 1.86 bits per heavy atom. The maximum absolute atomic E-state index is 13.5. The summed E-state index contributed by atoms with van der Waals surface area (Å²) >= 11 is 0. The third kappa shape index (κ3) is 3.02. The van der Waals surface area contributed by atoms with Crippen molar-refractivity contribution in [1.29, 1.82) is 0 Å². The van der Waals surface area contributed by atoms with Crippen molar-refractivity contribution in [3.63, 3.8) is 0 Å². The Bertz CT molecular complexity index is 1220. The first kappa shape index (κ1) is 19.2. The predicted molar refractivity (Wildman–Crippen MR) is 102 cm³/mol. The standard InChI is InChI=1S/C20H18FN3O4/c1-5-10-28-19(26)14-11(2)22-17-16(18(25)24(4)20(27)23(17)3)15(14)12-6-8-13(21)9-7-12/h5-9H,1,10H2,2-4H3/p+1. The second-order valence-electron chi connectivity index (χ2n) is 6.32. The lowest BCUT2D eigenvalue weighted by Crippen LogP contribution is -2.40. The summed E-state index contributed by atoms with van der Waals surface area (Å²) < 4.78 is 20.9. The van der Waals surface area contributed by atoms with Crippen LogP contribution in [0.5, 0.6) is 0 Å². The Balaban J connectivity index is 2.54. The number of ether oxygens (including phenoxy) is 1. The lowest BCUT2D eigenvalue weighted by atomic mass is 9.96. The van der Waals surface area contributed by atoms with Crippen LogP contribution in [0, 0.1) is 12.7 Å². The van der Waals surface area contributed by atoms with Crippen LogP contribution in [0.25, 0.3) is 22.2 Å². The smallest absolute Gasteiger partial charge is 0.417 e. The van der Waals surface area contributed by atoms with Crippen LogP contribution in [0.2, 0.25) is 0 Å². The summed E-state index contributed by atoms with van der Waals surface area (Å²) in [6.45, 7) is 5.15. The third-order valence-corrected chi connectivity index (χ3v) is 4.51. The number of H-pyrrole nitrogens is 1. The number of aromatic nitrogens is 3. The lowest BCUT2D eigenvalue weighted by molar-refractivity contribution is -0.359. The van der Waals surface area contributed by atoms with Crippen LogP contribution in [0.4, 0.5) is 4.39 Å². The van der Waals surface area contributed by atoms with Crippen molar-refractivity contribution in [3.8, 4) is 11.1 Å². The average Bonchev–Trinajstić information content (AvgIpc) is 2.68. The van der Waals surface area contributed by atoms with E-state index >= 15 is 0 Å². The number of carbonyl (C=O) groups excluding carboxylic acids is 1. The minimum Gasteiger partial charge on any atom is -0.458 e. The molecule has 0 aliphatic rings. The fourth-order valence-electron chi connectivity index (χ4n) is 3.14. The summed E-state index contributed by atoms with van der Waals surface area (Å²) in [6.07, 6.45) is 1.43. The van der Waals surface area contributed by atoms with Crippen LogP contribution in [0.3, 0.4) is 0 Å². The molecular formula is C20H19FN3O4+. The summed E-state index contributed by atoms with van der Waals surface area (Å²) in [5.41, 5.74) is 0.430. The number of aryl methyl sites for hydroxylation is 2. The molecule has 8 heteroatoms. The number of pyridine rings is 1. The Kier molecular flexibility index (Phi) is 4.96. The van der Waals surface area contributed by atoms with Crippen LogP contribution >= 0.6 is 0 Å². The van der Waals surface area contributed by atoms with Gasteiger partial charge in [0, 0.05) is 12.6 Å². The number of rotatable bonds is 4. The first-order valence-corrected chi connectivity index (χ1v) is 8.47. The molecule has 0 aliphatic carbocycles. The maximum atomic E-state index is 13.5. The molecular weight excluding hydrogens is 365 g/mol. The van der Waals surface area contributed by atoms with Crippen molar-refractivity contribution in [2.24, 2.45) is 14.1 Å². The number of halogens is 1. The van der Waals surface area contributed by atoms with E-state index in [2.05, 4.69) is 11.6 Å². The van der Waals surface area contributed by atoms with Crippen LogP contribution in [0.15, 0.2) is 46.5 Å². The molecule has 0 atom stereocenters. The van der Waals surface area contributed by atoms with Gasteiger partial charge in [-0.25, -0.2) is 23.5 Å². The number of hydrogen-bond donors (Lipinski definition) is 0. The molecule has 0 amide bonds. The first-order chi connectivity index (χ1) is 13.3. The quantitative estimate of drug-likeness (QED) is 0.504. The van der Waals surface area contributed by atoms with E-state index in [1.807, 2.05) is 0 Å². The minimum atomic E-state index is -0.661. The fraction of sp³-hybridized carbons (Fsp3) is 0.200. The monoisotopic (exact) mass is 384 g/mol.